The number of ether oxygens (including phenoxy) is 1. The minimum absolute atomic E-state index is 0.00313. The summed E-state index contributed by atoms with van der Waals surface area (Å²) in [5, 5.41) is 13.3. The number of carbonyl (C=O) groups is 1. The smallest absolute Gasteiger partial charge is 0.269 e. The van der Waals surface area contributed by atoms with Crippen molar-refractivity contribution < 1.29 is 14.5 Å². The van der Waals surface area contributed by atoms with Crippen molar-refractivity contribution in [2.24, 2.45) is 0 Å². The van der Waals surface area contributed by atoms with Gasteiger partial charge in [0.15, 0.2) is 0 Å². The zero-order chi connectivity index (χ0) is 15.5. The third-order valence-corrected chi connectivity index (χ3v) is 3.48. The Morgan fingerprint density at radius 3 is 2.73 bits per heavy atom. The van der Waals surface area contributed by atoms with E-state index in [1.54, 1.807) is 0 Å². The first-order valence-electron chi connectivity index (χ1n) is 6.91. The molecule has 1 N–H and O–H groups in total. The molecule has 0 radical (unpaired) electrons. The molecule has 2 aromatic rings. The van der Waals surface area contributed by atoms with E-state index in [1.807, 2.05) is 18.2 Å². The molecule has 6 heteroatoms. The number of anilines is 1. The van der Waals surface area contributed by atoms with Gasteiger partial charge < -0.3 is 10.1 Å². The molecule has 0 saturated carbocycles. The van der Waals surface area contributed by atoms with Gasteiger partial charge in [0.05, 0.1) is 18.0 Å². The van der Waals surface area contributed by atoms with Crippen LogP contribution in [0, 0.1) is 10.1 Å². The van der Waals surface area contributed by atoms with E-state index in [0.29, 0.717) is 12.3 Å². The number of carbonyl (C=O) groups excluding carboxylic acids is 1. The molecule has 22 heavy (non-hydrogen) atoms. The van der Waals surface area contributed by atoms with E-state index < -0.39 is 4.92 Å². The zero-order valence-corrected chi connectivity index (χ0v) is 11.7. The average Bonchev–Trinajstić information content (AvgIpc) is 2.95. The summed E-state index contributed by atoms with van der Waals surface area (Å²) in [5.41, 5.74) is 2.58. The molecule has 2 aromatic carbocycles. The Balaban J connectivity index is 1.63. The Hall–Kier alpha value is -2.89. The van der Waals surface area contributed by atoms with Gasteiger partial charge in [0.2, 0.25) is 5.91 Å². The number of nitrogens with zero attached hydrogens (tertiary/aromatic N) is 1. The van der Waals surface area contributed by atoms with Gasteiger partial charge in [-0.3, -0.25) is 14.9 Å². The van der Waals surface area contributed by atoms with Gasteiger partial charge in [-0.05, 0) is 29.3 Å². The van der Waals surface area contributed by atoms with Crippen LogP contribution in [0.4, 0.5) is 11.4 Å². The van der Waals surface area contributed by atoms with Crippen LogP contribution in [0.1, 0.15) is 11.1 Å². The van der Waals surface area contributed by atoms with Crippen LogP contribution in [0.2, 0.25) is 0 Å². The Labute approximate surface area is 126 Å². The number of rotatable bonds is 4. The molecule has 6 nitrogen and oxygen atoms in total. The van der Waals surface area contributed by atoms with Crippen molar-refractivity contribution in [3.05, 3.63) is 63.7 Å². The topological polar surface area (TPSA) is 81.5 Å². The number of nitrogens with one attached hydrogen (secondary N) is 1. The van der Waals surface area contributed by atoms with Crippen LogP contribution in [-0.2, 0) is 17.6 Å². The van der Waals surface area contributed by atoms with E-state index in [2.05, 4.69) is 5.32 Å². The van der Waals surface area contributed by atoms with E-state index >= 15 is 0 Å². The SMILES string of the molecule is O=C(Cc1ccc2c(c1)CCO2)Nc1ccc([N+](=O)[O-])cc1. The van der Waals surface area contributed by atoms with Crippen molar-refractivity contribution >= 4 is 17.3 Å². The summed E-state index contributed by atoms with van der Waals surface area (Å²) < 4.78 is 5.43. The zero-order valence-electron chi connectivity index (χ0n) is 11.7. The second-order valence-electron chi connectivity index (χ2n) is 5.07. The van der Waals surface area contributed by atoms with E-state index in [1.165, 1.54) is 24.3 Å². The fraction of sp³-hybridized carbons (Fsp3) is 0.188. The molecule has 0 atom stereocenters. The summed E-state index contributed by atoms with van der Waals surface area (Å²) in [5.74, 6) is 0.729. The predicted molar refractivity (Wildman–Crippen MR) is 81.1 cm³/mol. The monoisotopic (exact) mass is 298 g/mol. The minimum atomic E-state index is -0.474. The van der Waals surface area contributed by atoms with Gasteiger partial charge in [-0.1, -0.05) is 12.1 Å². The largest absolute Gasteiger partial charge is 0.493 e. The number of nitro groups is 1. The van der Waals surface area contributed by atoms with Crippen molar-refractivity contribution in [1.29, 1.82) is 0 Å². The fourth-order valence-electron chi connectivity index (χ4n) is 2.41. The molecule has 0 aromatic heterocycles. The third-order valence-electron chi connectivity index (χ3n) is 3.48. The van der Waals surface area contributed by atoms with Gasteiger partial charge in [-0.2, -0.15) is 0 Å². The standard InChI is InChI=1S/C16H14N2O4/c19-16(17-13-2-4-14(5-3-13)18(20)21)10-11-1-6-15-12(9-11)7-8-22-15/h1-6,9H,7-8,10H2,(H,17,19). The first-order valence-corrected chi connectivity index (χ1v) is 6.91. The summed E-state index contributed by atoms with van der Waals surface area (Å²) in [6, 6.07) is 11.5. The van der Waals surface area contributed by atoms with Gasteiger partial charge in [0, 0.05) is 24.2 Å². The number of amides is 1. The van der Waals surface area contributed by atoms with Crippen molar-refractivity contribution in [1.82, 2.24) is 0 Å². The molecule has 0 aliphatic carbocycles. The molecular formula is C16H14N2O4. The average molecular weight is 298 g/mol. The van der Waals surface area contributed by atoms with Crippen LogP contribution in [0.15, 0.2) is 42.5 Å². The highest BCUT2D eigenvalue weighted by Gasteiger charge is 2.13. The van der Waals surface area contributed by atoms with Crippen LogP contribution in [0.5, 0.6) is 5.75 Å². The lowest BCUT2D eigenvalue weighted by Crippen LogP contribution is -2.14. The van der Waals surface area contributed by atoms with Crippen molar-refractivity contribution in [2.75, 3.05) is 11.9 Å². The molecule has 112 valence electrons. The second kappa shape index (κ2) is 5.85. The number of fused-ring (bicyclic) bond motifs is 1. The van der Waals surface area contributed by atoms with Crippen LogP contribution in [-0.4, -0.2) is 17.4 Å². The maximum atomic E-state index is 12.0. The summed E-state index contributed by atoms with van der Waals surface area (Å²) in [6.45, 7) is 0.688. The first kappa shape index (κ1) is 14.1. The number of nitro benzene ring substituents is 1. The molecule has 0 unspecified atom stereocenters. The van der Waals surface area contributed by atoms with Gasteiger partial charge in [-0.25, -0.2) is 0 Å². The van der Waals surface area contributed by atoms with Crippen LogP contribution in [0.25, 0.3) is 0 Å². The van der Waals surface area contributed by atoms with Gasteiger partial charge in [-0.15, -0.1) is 0 Å². The molecule has 1 heterocycles. The maximum Gasteiger partial charge on any atom is 0.269 e. The summed E-state index contributed by atoms with van der Waals surface area (Å²) >= 11 is 0. The maximum absolute atomic E-state index is 12.0. The minimum Gasteiger partial charge on any atom is -0.493 e. The van der Waals surface area contributed by atoms with Crippen LogP contribution < -0.4 is 10.1 Å². The van der Waals surface area contributed by atoms with Gasteiger partial charge >= 0.3 is 0 Å². The third kappa shape index (κ3) is 3.06. The number of hydrogen-bond acceptors (Lipinski definition) is 4. The molecule has 0 fully saturated rings. The Morgan fingerprint density at radius 1 is 1.23 bits per heavy atom. The predicted octanol–water partition coefficient (Wildman–Crippen LogP) is 2.71. The van der Waals surface area contributed by atoms with Crippen molar-refractivity contribution in [3.8, 4) is 5.75 Å². The van der Waals surface area contributed by atoms with Gasteiger partial charge in [0.25, 0.3) is 5.69 Å². The van der Waals surface area contributed by atoms with Gasteiger partial charge in [0.1, 0.15) is 5.75 Å². The molecule has 3 rings (SSSR count). The van der Waals surface area contributed by atoms with Crippen molar-refractivity contribution in [3.63, 3.8) is 0 Å². The lowest BCUT2D eigenvalue weighted by molar-refractivity contribution is -0.384. The molecule has 1 aliphatic rings. The highest BCUT2D eigenvalue weighted by molar-refractivity contribution is 5.92. The molecule has 0 bridgehead atoms. The molecule has 1 amide bonds. The Kier molecular flexibility index (Phi) is 3.74. The Morgan fingerprint density at radius 2 is 2.00 bits per heavy atom. The Bertz CT molecular complexity index is 725. The number of benzene rings is 2. The number of non-ortho nitro benzene ring substituents is 1. The van der Waals surface area contributed by atoms with E-state index in [-0.39, 0.29) is 18.0 Å². The summed E-state index contributed by atoms with van der Waals surface area (Å²) in [4.78, 5) is 22.1. The lowest BCUT2D eigenvalue weighted by Gasteiger charge is -2.06. The van der Waals surface area contributed by atoms with E-state index in [0.717, 1.165) is 23.3 Å². The second-order valence-corrected chi connectivity index (χ2v) is 5.07. The summed E-state index contributed by atoms with van der Waals surface area (Å²) in [7, 11) is 0. The van der Waals surface area contributed by atoms with Crippen LogP contribution in [0.3, 0.4) is 0 Å². The van der Waals surface area contributed by atoms with E-state index in [4.69, 9.17) is 4.74 Å². The highest BCUT2D eigenvalue weighted by atomic mass is 16.6. The molecule has 0 spiro atoms. The molecule has 0 saturated heterocycles. The van der Waals surface area contributed by atoms with Crippen molar-refractivity contribution in [2.45, 2.75) is 12.8 Å². The molecule has 1 aliphatic heterocycles. The van der Waals surface area contributed by atoms with Crippen LogP contribution >= 0.6 is 0 Å². The normalized spacial score (nSPS) is 12.4. The number of hydrogen-bond donors (Lipinski definition) is 1. The summed E-state index contributed by atoms with van der Waals surface area (Å²) in [6.07, 6.45) is 1.12. The lowest BCUT2D eigenvalue weighted by atomic mass is 10.1. The van der Waals surface area contributed by atoms with E-state index in [9.17, 15) is 14.9 Å². The molecular weight excluding hydrogens is 284 g/mol. The first-order chi connectivity index (χ1) is 10.6. The fourth-order valence-corrected chi connectivity index (χ4v) is 2.41. The highest BCUT2D eigenvalue weighted by Crippen LogP contribution is 2.26. The quantitative estimate of drug-likeness (QED) is 0.695.